The zero-order chi connectivity index (χ0) is 20.4. The van der Waals surface area contributed by atoms with Gasteiger partial charge >= 0.3 is 0 Å². The summed E-state index contributed by atoms with van der Waals surface area (Å²) in [4.78, 5) is 26.2. The second-order valence-corrected chi connectivity index (χ2v) is 7.29. The summed E-state index contributed by atoms with van der Waals surface area (Å²) >= 11 is 1.55. The van der Waals surface area contributed by atoms with Crippen LogP contribution in [-0.4, -0.2) is 26.0 Å². The highest BCUT2D eigenvalue weighted by atomic mass is 32.1. The number of rotatable bonds is 5. The summed E-state index contributed by atoms with van der Waals surface area (Å²) in [5.74, 6) is -0.641. The van der Waals surface area contributed by atoms with E-state index in [1.165, 1.54) is 19.4 Å². The van der Waals surface area contributed by atoms with Gasteiger partial charge in [0, 0.05) is 34.5 Å². The minimum Gasteiger partial charge on any atom is -0.364 e. The van der Waals surface area contributed by atoms with E-state index in [4.69, 9.17) is 4.52 Å². The third-order valence-corrected chi connectivity index (χ3v) is 5.57. The minimum atomic E-state index is -0.528. The van der Waals surface area contributed by atoms with Crippen LogP contribution < -0.4 is 5.32 Å². The van der Waals surface area contributed by atoms with Gasteiger partial charge in [0.15, 0.2) is 0 Å². The van der Waals surface area contributed by atoms with Crippen molar-refractivity contribution in [2.45, 2.75) is 20.3 Å². The molecule has 4 rings (SSSR count). The van der Waals surface area contributed by atoms with Crippen LogP contribution in [0.2, 0.25) is 0 Å². The Morgan fingerprint density at radius 2 is 2.10 bits per heavy atom. The van der Waals surface area contributed by atoms with Crippen molar-refractivity contribution < 1.29 is 13.7 Å². The lowest BCUT2D eigenvalue weighted by Crippen LogP contribution is -2.15. The standard InChI is InChI=1S/C20H16FN5O2S/c1-3-16-18(25-20(29-16)15-6-7-28-26-15)12-4-5-17(23-8-12)24-19(27)13-9-22-10-14(21)11(13)2/h4-10H,3H2,1-2H3,(H,23,24,27). The molecule has 4 heterocycles. The average molecular weight is 409 g/mol. The fourth-order valence-corrected chi connectivity index (χ4v) is 3.75. The molecule has 0 aliphatic carbocycles. The van der Waals surface area contributed by atoms with Crippen LogP contribution in [0, 0.1) is 12.7 Å². The van der Waals surface area contributed by atoms with E-state index >= 15 is 0 Å². The van der Waals surface area contributed by atoms with Gasteiger partial charge in [-0.1, -0.05) is 12.1 Å². The molecule has 9 heteroatoms. The quantitative estimate of drug-likeness (QED) is 0.521. The largest absolute Gasteiger partial charge is 0.364 e. The highest BCUT2D eigenvalue weighted by molar-refractivity contribution is 7.15. The highest BCUT2D eigenvalue weighted by Crippen LogP contribution is 2.33. The third kappa shape index (κ3) is 3.77. The average Bonchev–Trinajstić information content (AvgIpc) is 3.40. The van der Waals surface area contributed by atoms with E-state index in [2.05, 4.69) is 32.3 Å². The molecule has 0 aliphatic heterocycles. The maximum atomic E-state index is 13.6. The van der Waals surface area contributed by atoms with E-state index in [1.807, 2.05) is 6.07 Å². The lowest BCUT2D eigenvalue weighted by Gasteiger charge is -2.08. The summed E-state index contributed by atoms with van der Waals surface area (Å²) < 4.78 is 18.5. The summed E-state index contributed by atoms with van der Waals surface area (Å²) in [6.07, 6.45) is 6.38. The second kappa shape index (κ2) is 7.88. The van der Waals surface area contributed by atoms with Gasteiger partial charge in [0.05, 0.1) is 17.5 Å². The number of nitrogens with zero attached hydrogens (tertiary/aromatic N) is 4. The zero-order valence-electron chi connectivity index (χ0n) is 15.6. The predicted octanol–water partition coefficient (Wildman–Crippen LogP) is 4.52. The van der Waals surface area contributed by atoms with Crippen molar-refractivity contribution in [3.63, 3.8) is 0 Å². The molecule has 0 bridgehead atoms. The molecular formula is C20H16FN5O2S. The van der Waals surface area contributed by atoms with Crippen molar-refractivity contribution in [3.8, 4) is 22.0 Å². The van der Waals surface area contributed by atoms with Crippen molar-refractivity contribution >= 4 is 23.1 Å². The fraction of sp³-hybridized carbons (Fsp3) is 0.150. The number of nitrogens with one attached hydrogen (secondary N) is 1. The number of halogens is 1. The SMILES string of the molecule is CCc1sc(-c2ccon2)nc1-c1ccc(NC(=O)c2cncc(F)c2C)nc1. The molecule has 146 valence electrons. The van der Waals surface area contributed by atoms with Crippen LogP contribution in [0.4, 0.5) is 10.2 Å². The first kappa shape index (κ1) is 18.9. The van der Waals surface area contributed by atoms with Gasteiger partial charge in [-0.15, -0.1) is 11.3 Å². The molecule has 0 atom stereocenters. The third-order valence-electron chi connectivity index (χ3n) is 4.35. The molecular weight excluding hydrogens is 393 g/mol. The monoisotopic (exact) mass is 409 g/mol. The summed E-state index contributed by atoms with van der Waals surface area (Å²) in [5.41, 5.74) is 2.75. The van der Waals surface area contributed by atoms with Crippen LogP contribution in [-0.2, 0) is 6.42 Å². The van der Waals surface area contributed by atoms with Gasteiger partial charge in [-0.05, 0) is 25.5 Å². The van der Waals surface area contributed by atoms with Gasteiger partial charge in [-0.2, -0.15) is 0 Å². The van der Waals surface area contributed by atoms with Gasteiger partial charge in [-0.3, -0.25) is 9.78 Å². The Hall–Kier alpha value is -3.46. The summed E-state index contributed by atoms with van der Waals surface area (Å²) in [6.45, 7) is 3.59. The lowest BCUT2D eigenvalue weighted by molar-refractivity contribution is 0.102. The number of hydrogen-bond acceptors (Lipinski definition) is 7. The number of carbonyl (C=O) groups excluding carboxylic acids is 1. The number of hydrogen-bond donors (Lipinski definition) is 1. The minimum absolute atomic E-state index is 0.168. The molecule has 0 unspecified atom stereocenters. The van der Waals surface area contributed by atoms with Crippen LogP contribution in [0.1, 0.15) is 27.7 Å². The van der Waals surface area contributed by atoms with E-state index in [1.54, 1.807) is 29.7 Å². The van der Waals surface area contributed by atoms with Gasteiger partial charge < -0.3 is 9.84 Å². The number of anilines is 1. The summed E-state index contributed by atoms with van der Waals surface area (Å²) in [6, 6.07) is 5.28. The van der Waals surface area contributed by atoms with Crippen LogP contribution in [0.15, 0.2) is 47.6 Å². The second-order valence-electron chi connectivity index (χ2n) is 6.21. The molecule has 0 radical (unpaired) electrons. The molecule has 0 spiro atoms. The molecule has 0 saturated carbocycles. The van der Waals surface area contributed by atoms with Crippen molar-refractivity contribution in [1.82, 2.24) is 20.1 Å². The number of thiazole rings is 1. The van der Waals surface area contributed by atoms with Crippen molar-refractivity contribution in [2.24, 2.45) is 0 Å². The smallest absolute Gasteiger partial charge is 0.258 e. The lowest BCUT2D eigenvalue weighted by atomic mass is 10.1. The van der Waals surface area contributed by atoms with Crippen LogP contribution in [0.5, 0.6) is 0 Å². The fourth-order valence-electron chi connectivity index (χ4n) is 2.77. The van der Waals surface area contributed by atoms with Crippen molar-refractivity contribution in [2.75, 3.05) is 5.32 Å². The molecule has 0 saturated heterocycles. The van der Waals surface area contributed by atoms with E-state index in [9.17, 15) is 9.18 Å². The summed E-state index contributed by atoms with van der Waals surface area (Å²) in [5, 5.41) is 7.38. The molecule has 4 aromatic rings. The van der Waals surface area contributed by atoms with Gasteiger partial charge in [0.1, 0.15) is 28.6 Å². The van der Waals surface area contributed by atoms with E-state index in [0.717, 1.165) is 33.8 Å². The topological polar surface area (TPSA) is 93.8 Å². The Balaban J connectivity index is 1.57. The molecule has 0 aliphatic rings. The Kier molecular flexibility index (Phi) is 5.13. The van der Waals surface area contributed by atoms with E-state index < -0.39 is 11.7 Å². The number of aromatic nitrogens is 4. The highest BCUT2D eigenvalue weighted by Gasteiger charge is 2.16. The molecule has 0 aromatic carbocycles. The molecule has 4 aromatic heterocycles. The Bertz CT molecular complexity index is 1160. The number of aryl methyl sites for hydroxylation is 1. The first-order chi connectivity index (χ1) is 14.1. The van der Waals surface area contributed by atoms with Crippen LogP contribution in [0.25, 0.3) is 22.0 Å². The molecule has 0 fully saturated rings. The molecule has 1 N–H and O–H groups in total. The number of pyridine rings is 2. The normalized spacial score (nSPS) is 10.9. The maximum absolute atomic E-state index is 13.6. The van der Waals surface area contributed by atoms with Gasteiger partial charge in [-0.25, -0.2) is 14.4 Å². The van der Waals surface area contributed by atoms with Gasteiger partial charge in [0.25, 0.3) is 5.91 Å². The Labute approximate surface area is 169 Å². The number of amides is 1. The van der Waals surface area contributed by atoms with Gasteiger partial charge in [0.2, 0.25) is 0 Å². The first-order valence-corrected chi connectivity index (χ1v) is 9.66. The van der Waals surface area contributed by atoms with Crippen molar-refractivity contribution in [1.29, 1.82) is 0 Å². The molecule has 7 nitrogen and oxygen atoms in total. The Morgan fingerprint density at radius 1 is 1.24 bits per heavy atom. The van der Waals surface area contributed by atoms with E-state index in [-0.39, 0.29) is 11.1 Å². The predicted molar refractivity (Wildman–Crippen MR) is 107 cm³/mol. The van der Waals surface area contributed by atoms with Crippen LogP contribution in [0.3, 0.4) is 0 Å². The van der Waals surface area contributed by atoms with Crippen molar-refractivity contribution in [3.05, 3.63) is 64.9 Å². The van der Waals surface area contributed by atoms with Crippen LogP contribution >= 0.6 is 11.3 Å². The van der Waals surface area contributed by atoms with E-state index in [0.29, 0.717) is 11.5 Å². The summed E-state index contributed by atoms with van der Waals surface area (Å²) in [7, 11) is 0. The molecule has 1 amide bonds. The maximum Gasteiger partial charge on any atom is 0.258 e. The number of carbonyl (C=O) groups is 1. The Morgan fingerprint density at radius 3 is 2.79 bits per heavy atom. The first-order valence-electron chi connectivity index (χ1n) is 8.85. The zero-order valence-corrected chi connectivity index (χ0v) is 16.5. The molecule has 29 heavy (non-hydrogen) atoms.